The maximum absolute atomic E-state index is 11.8. The minimum Gasteiger partial charge on any atom is -0.383 e. The van der Waals surface area contributed by atoms with Gasteiger partial charge in [0.2, 0.25) is 0 Å². The molecule has 5 nitrogen and oxygen atoms in total. The molecular weight excluding hydrogens is 218 g/mol. The molecule has 2 aromatic rings. The fraction of sp³-hybridized carbons (Fsp3) is 0.333. The summed E-state index contributed by atoms with van der Waals surface area (Å²) in [6.45, 7) is 1.03. The summed E-state index contributed by atoms with van der Waals surface area (Å²) in [5.41, 5.74) is 1.58. The number of ether oxygens (including phenoxy) is 1. The van der Waals surface area contributed by atoms with Gasteiger partial charge in [0.25, 0.3) is 5.91 Å². The Morgan fingerprint density at radius 1 is 1.53 bits per heavy atom. The lowest BCUT2D eigenvalue weighted by molar-refractivity contribution is 0.0937. The first-order valence-corrected chi connectivity index (χ1v) is 5.41. The van der Waals surface area contributed by atoms with Crippen LogP contribution in [-0.2, 0) is 11.8 Å². The number of nitrogens with one attached hydrogen (secondary N) is 1. The standard InChI is InChI=1S/C12H15N3O2/c1-15-11-7-9(3-4-10(11)8-14-15)12(16)13-5-6-17-2/h3-4,7-8H,5-6H2,1-2H3,(H,13,16). The first-order chi connectivity index (χ1) is 8.22. The molecule has 0 radical (unpaired) electrons. The molecule has 1 N–H and O–H groups in total. The number of methoxy groups -OCH3 is 1. The summed E-state index contributed by atoms with van der Waals surface area (Å²) in [6.07, 6.45) is 1.78. The molecule has 0 saturated heterocycles. The lowest BCUT2D eigenvalue weighted by Gasteiger charge is -2.04. The molecule has 0 fully saturated rings. The smallest absolute Gasteiger partial charge is 0.251 e. The summed E-state index contributed by atoms with van der Waals surface area (Å²) < 4.78 is 6.63. The first kappa shape index (κ1) is 11.6. The van der Waals surface area contributed by atoms with E-state index < -0.39 is 0 Å². The average Bonchev–Trinajstić information content (AvgIpc) is 2.71. The Kier molecular flexibility index (Phi) is 3.39. The van der Waals surface area contributed by atoms with E-state index in [0.29, 0.717) is 18.7 Å². The second kappa shape index (κ2) is 4.97. The molecule has 1 heterocycles. The van der Waals surface area contributed by atoms with Crippen LogP contribution in [0.2, 0.25) is 0 Å². The molecule has 1 aromatic carbocycles. The summed E-state index contributed by atoms with van der Waals surface area (Å²) in [5, 5.41) is 7.95. The van der Waals surface area contributed by atoms with Gasteiger partial charge in [0.05, 0.1) is 18.3 Å². The van der Waals surface area contributed by atoms with Gasteiger partial charge >= 0.3 is 0 Å². The van der Waals surface area contributed by atoms with Crippen LogP contribution in [0.5, 0.6) is 0 Å². The zero-order valence-corrected chi connectivity index (χ0v) is 9.93. The van der Waals surface area contributed by atoms with E-state index in [1.54, 1.807) is 24.1 Å². The fourth-order valence-corrected chi connectivity index (χ4v) is 1.65. The molecule has 0 aliphatic carbocycles. The first-order valence-electron chi connectivity index (χ1n) is 5.41. The van der Waals surface area contributed by atoms with E-state index in [1.165, 1.54) is 0 Å². The van der Waals surface area contributed by atoms with Crippen molar-refractivity contribution in [3.05, 3.63) is 30.0 Å². The third kappa shape index (κ3) is 2.45. The molecule has 0 saturated carbocycles. The molecule has 2 rings (SSSR count). The molecule has 5 heteroatoms. The van der Waals surface area contributed by atoms with E-state index in [0.717, 1.165) is 10.9 Å². The van der Waals surface area contributed by atoms with Gasteiger partial charge in [-0.15, -0.1) is 0 Å². The SMILES string of the molecule is COCCNC(=O)c1ccc2cnn(C)c2c1. The molecule has 1 aromatic heterocycles. The number of hydrogen-bond acceptors (Lipinski definition) is 3. The predicted molar refractivity (Wildman–Crippen MR) is 64.9 cm³/mol. The minimum atomic E-state index is -0.0925. The van der Waals surface area contributed by atoms with E-state index in [-0.39, 0.29) is 5.91 Å². The van der Waals surface area contributed by atoms with Crippen LogP contribution in [0, 0.1) is 0 Å². The van der Waals surface area contributed by atoms with Gasteiger partial charge in [0.1, 0.15) is 0 Å². The lowest BCUT2D eigenvalue weighted by atomic mass is 10.1. The summed E-state index contributed by atoms with van der Waals surface area (Å²) in [7, 11) is 3.46. The number of fused-ring (bicyclic) bond motifs is 1. The topological polar surface area (TPSA) is 56.1 Å². The summed E-state index contributed by atoms with van der Waals surface area (Å²) in [5.74, 6) is -0.0925. The molecule has 1 amide bonds. The van der Waals surface area contributed by atoms with Crippen molar-refractivity contribution in [1.82, 2.24) is 15.1 Å². The van der Waals surface area contributed by atoms with Gasteiger partial charge in [-0.1, -0.05) is 6.07 Å². The van der Waals surface area contributed by atoms with Gasteiger partial charge in [0.15, 0.2) is 0 Å². The third-order valence-corrected chi connectivity index (χ3v) is 2.60. The molecule has 0 bridgehead atoms. The summed E-state index contributed by atoms with van der Waals surface area (Å²) in [4.78, 5) is 11.8. The number of hydrogen-bond donors (Lipinski definition) is 1. The van der Waals surface area contributed by atoms with Gasteiger partial charge in [-0.25, -0.2) is 0 Å². The monoisotopic (exact) mass is 233 g/mol. The van der Waals surface area contributed by atoms with Gasteiger partial charge < -0.3 is 10.1 Å². The molecule has 0 aliphatic heterocycles. The number of benzene rings is 1. The highest BCUT2D eigenvalue weighted by Gasteiger charge is 2.07. The van der Waals surface area contributed by atoms with Crippen LogP contribution in [0.1, 0.15) is 10.4 Å². The van der Waals surface area contributed by atoms with Crippen LogP contribution in [-0.4, -0.2) is 35.9 Å². The van der Waals surface area contributed by atoms with Crippen LogP contribution in [0.25, 0.3) is 10.9 Å². The summed E-state index contributed by atoms with van der Waals surface area (Å²) >= 11 is 0. The maximum Gasteiger partial charge on any atom is 0.251 e. The number of rotatable bonds is 4. The van der Waals surface area contributed by atoms with Crippen LogP contribution >= 0.6 is 0 Å². The Bertz CT molecular complexity index is 534. The van der Waals surface area contributed by atoms with Crippen LogP contribution in [0.15, 0.2) is 24.4 Å². The second-order valence-corrected chi connectivity index (χ2v) is 3.79. The number of nitrogens with zero attached hydrogens (tertiary/aromatic N) is 2. The molecule has 17 heavy (non-hydrogen) atoms. The maximum atomic E-state index is 11.8. The van der Waals surface area contributed by atoms with Gasteiger partial charge in [-0.3, -0.25) is 9.48 Å². The van der Waals surface area contributed by atoms with Crippen molar-refractivity contribution in [3.63, 3.8) is 0 Å². The summed E-state index contributed by atoms with van der Waals surface area (Å²) in [6, 6.07) is 5.53. The highest BCUT2D eigenvalue weighted by molar-refractivity contribution is 5.97. The predicted octanol–water partition coefficient (Wildman–Crippen LogP) is 0.949. The molecule has 0 aliphatic rings. The van der Waals surface area contributed by atoms with Gasteiger partial charge in [0, 0.05) is 31.7 Å². The number of carbonyl (C=O) groups excluding carboxylic acids is 1. The number of amides is 1. The fourth-order valence-electron chi connectivity index (χ4n) is 1.65. The minimum absolute atomic E-state index is 0.0925. The van der Waals surface area contributed by atoms with Gasteiger partial charge in [-0.05, 0) is 12.1 Å². The number of carbonyl (C=O) groups is 1. The van der Waals surface area contributed by atoms with Crippen LogP contribution in [0.3, 0.4) is 0 Å². The van der Waals surface area contributed by atoms with Crippen molar-refractivity contribution < 1.29 is 9.53 Å². The normalized spacial score (nSPS) is 10.7. The molecule has 0 spiro atoms. The molecule has 90 valence electrons. The molecule has 0 unspecified atom stereocenters. The Balaban J connectivity index is 2.17. The Labute approximate surface area is 99.4 Å². The van der Waals surface area contributed by atoms with E-state index in [1.807, 2.05) is 19.2 Å². The second-order valence-electron chi connectivity index (χ2n) is 3.79. The zero-order chi connectivity index (χ0) is 12.3. The van der Waals surface area contributed by atoms with E-state index >= 15 is 0 Å². The average molecular weight is 233 g/mol. The highest BCUT2D eigenvalue weighted by atomic mass is 16.5. The Morgan fingerprint density at radius 3 is 3.12 bits per heavy atom. The van der Waals surface area contributed by atoms with Crippen LogP contribution < -0.4 is 5.32 Å². The third-order valence-electron chi connectivity index (χ3n) is 2.60. The Hall–Kier alpha value is -1.88. The molecule has 0 atom stereocenters. The highest BCUT2D eigenvalue weighted by Crippen LogP contribution is 2.14. The quantitative estimate of drug-likeness (QED) is 0.800. The van der Waals surface area contributed by atoms with Crippen molar-refractivity contribution in [3.8, 4) is 0 Å². The van der Waals surface area contributed by atoms with Crippen molar-refractivity contribution >= 4 is 16.8 Å². The largest absolute Gasteiger partial charge is 0.383 e. The van der Waals surface area contributed by atoms with E-state index in [2.05, 4.69) is 10.4 Å². The van der Waals surface area contributed by atoms with E-state index in [4.69, 9.17) is 4.74 Å². The zero-order valence-electron chi connectivity index (χ0n) is 9.93. The number of aryl methyl sites for hydroxylation is 1. The van der Waals surface area contributed by atoms with Crippen molar-refractivity contribution in [2.75, 3.05) is 20.3 Å². The Morgan fingerprint density at radius 2 is 2.35 bits per heavy atom. The van der Waals surface area contributed by atoms with Crippen molar-refractivity contribution in [2.45, 2.75) is 0 Å². The van der Waals surface area contributed by atoms with E-state index in [9.17, 15) is 4.79 Å². The molecular formula is C12H15N3O2. The lowest BCUT2D eigenvalue weighted by Crippen LogP contribution is -2.26. The van der Waals surface area contributed by atoms with Crippen LogP contribution in [0.4, 0.5) is 0 Å². The van der Waals surface area contributed by atoms with Crippen molar-refractivity contribution in [2.24, 2.45) is 7.05 Å². The number of aromatic nitrogens is 2. The van der Waals surface area contributed by atoms with Gasteiger partial charge in [-0.2, -0.15) is 5.10 Å². The van der Waals surface area contributed by atoms with Crippen molar-refractivity contribution in [1.29, 1.82) is 0 Å².